The van der Waals surface area contributed by atoms with Crippen molar-refractivity contribution < 1.29 is 0 Å². The van der Waals surface area contributed by atoms with Gasteiger partial charge in [-0.2, -0.15) is 0 Å². The Bertz CT molecular complexity index is 108. The normalized spacial score (nSPS) is 12.0. The van der Waals surface area contributed by atoms with Crippen LogP contribution >= 0.6 is 0 Å². The van der Waals surface area contributed by atoms with Crippen LogP contribution in [0.15, 0.2) is 0 Å². The van der Waals surface area contributed by atoms with Gasteiger partial charge in [0.15, 0.2) is 0 Å². The molecule has 0 aliphatic carbocycles. The SMILES string of the molecule is CCCCCCC[Si](CC)(CC)CC. The lowest BCUT2D eigenvalue weighted by Crippen LogP contribution is -2.30. The first-order valence-corrected chi connectivity index (χ1v) is 9.57. The van der Waals surface area contributed by atoms with E-state index in [-0.39, 0.29) is 0 Å². The summed E-state index contributed by atoms with van der Waals surface area (Å²) in [6, 6.07) is 6.12. The molecular formula is C13H30Si. The number of unbranched alkanes of at least 4 members (excludes halogenated alkanes) is 4. The van der Waals surface area contributed by atoms with E-state index in [0.717, 1.165) is 0 Å². The number of hydrogen-bond acceptors (Lipinski definition) is 0. The summed E-state index contributed by atoms with van der Waals surface area (Å²) in [5.74, 6) is 0. The van der Waals surface area contributed by atoms with Crippen molar-refractivity contribution in [3.05, 3.63) is 0 Å². The predicted molar refractivity (Wildman–Crippen MR) is 70.8 cm³/mol. The van der Waals surface area contributed by atoms with Crippen molar-refractivity contribution in [2.45, 2.75) is 84.0 Å². The maximum Gasteiger partial charge on any atom is 0.0527 e. The minimum Gasteiger partial charge on any atom is -0.0678 e. The molecule has 0 fully saturated rings. The summed E-state index contributed by atoms with van der Waals surface area (Å²) in [7, 11) is -0.778. The van der Waals surface area contributed by atoms with E-state index >= 15 is 0 Å². The molecule has 0 atom stereocenters. The van der Waals surface area contributed by atoms with E-state index in [4.69, 9.17) is 0 Å². The van der Waals surface area contributed by atoms with Crippen LogP contribution in [0.2, 0.25) is 24.2 Å². The maximum atomic E-state index is 2.42. The smallest absolute Gasteiger partial charge is 0.0527 e. The monoisotopic (exact) mass is 214 g/mol. The van der Waals surface area contributed by atoms with Crippen molar-refractivity contribution in [3.63, 3.8) is 0 Å². The van der Waals surface area contributed by atoms with E-state index < -0.39 is 8.07 Å². The van der Waals surface area contributed by atoms with Crippen molar-refractivity contribution >= 4 is 8.07 Å². The second-order valence-electron chi connectivity index (χ2n) is 4.72. The lowest BCUT2D eigenvalue weighted by Gasteiger charge is -2.27. The highest BCUT2D eigenvalue weighted by atomic mass is 28.3. The van der Waals surface area contributed by atoms with Crippen molar-refractivity contribution in [1.29, 1.82) is 0 Å². The Hall–Kier alpha value is 0.217. The molecule has 1 heteroatoms. The number of hydrogen-bond donors (Lipinski definition) is 0. The molecule has 0 heterocycles. The van der Waals surface area contributed by atoms with Gasteiger partial charge < -0.3 is 0 Å². The van der Waals surface area contributed by atoms with Gasteiger partial charge in [-0.15, -0.1) is 0 Å². The van der Waals surface area contributed by atoms with Crippen LogP contribution in [-0.4, -0.2) is 8.07 Å². The topological polar surface area (TPSA) is 0 Å². The molecule has 86 valence electrons. The molecule has 0 amide bonds. The first kappa shape index (κ1) is 14.2. The largest absolute Gasteiger partial charge is 0.0678 e. The van der Waals surface area contributed by atoms with Gasteiger partial charge in [-0.25, -0.2) is 0 Å². The van der Waals surface area contributed by atoms with Gasteiger partial charge in [-0.1, -0.05) is 84.0 Å². The van der Waals surface area contributed by atoms with E-state index in [1.54, 1.807) is 6.04 Å². The van der Waals surface area contributed by atoms with Crippen LogP contribution in [0.4, 0.5) is 0 Å². The second kappa shape index (κ2) is 8.52. The molecule has 0 rings (SSSR count). The Kier molecular flexibility index (Phi) is 8.65. The van der Waals surface area contributed by atoms with Gasteiger partial charge in [0.25, 0.3) is 0 Å². The molecule has 0 aromatic heterocycles. The van der Waals surface area contributed by atoms with Crippen molar-refractivity contribution in [2.75, 3.05) is 0 Å². The standard InChI is InChI=1S/C13H30Si/c1-5-9-10-11-12-13-14(6-2,7-3)8-4/h5-13H2,1-4H3. The third-order valence-corrected chi connectivity index (χ3v) is 9.97. The third kappa shape index (κ3) is 5.19. The Labute approximate surface area is 92.5 Å². The molecule has 0 aromatic carbocycles. The van der Waals surface area contributed by atoms with Gasteiger partial charge in [0.05, 0.1) is 8.07 Å². The molecule has 0 bridgehead atoms. The van der Waals surface area contributed by atoms with Gasteiger partial charge in [0.1, 0.15) is 0 Å². The van der Waals surface area contributed by atoms with E-state index in [9.17, 15) is 0 Å². The van der Waals surface area contributed by atoms with Gasteiger partial charge in [0.2, 0.25) is 0 Å². The van der Waals surface area contributed by atoms with E-state index in [0.29, 0.717) is 0 Å². The number of rotatable bonds is 9. The van der Waals surface area contributed by atoms with Crippen LogP contribution in [0.1, 0.15) is 59.8 Å². The molecule has 0 spiro atoms. The highest BCUT2D eigenvalue weighted by Gasteiger charge is 2.25. The molecular weight excluding hydrogens is 184 g/mol. The molecule has 14 heavy (non-hydrogen) atoms. The zero-order valence-electron chi connectivity index (χ0n) is 10.9. The fourth-order valence-electron chi connectivity index (χ4n) is 2.38. The highest BCUT2D eigenvalue weighted by molar-refractivity contribution is 6.79. The first-order chi connectivity index (χ1) is 6.74. The highest BCUT2D eigenvalue weighted by Crippen LogP contribution is 2.27. The predicted octanol–water partition coefficient (Wildman–Crippen LogP) is 5.47. The van der Waals surface area contributed by atoms with Crippen molar-refractivity contribution in [1.82, 2.24) is 0 Å². The first-order valence-electron chi connectivity index (χ1n) is 6.74. The molecule has 0 saturated heterocycles. The zero-order chi connectivity index (χ0) is 10.9. The summed E-state index contributed by atoms with van der Waals surface area (Å²) >= 11 is 0. The quantitative estimate of drug-likeness (QED) is 0.353. The summed E-state index contributed by atoms with van der Waals surface area (Å²) in [4.78, 5) is 0. The van der Waals surface area contributed by atoms with Gasteiger partial charge in [-0.3, -0.25) is 0 Å². The molecule has 0 aliphatic heterocycles. The van der Waals surface area contributed by atoms with Crippen molar-refractivity contribution in [2.24, 2.45) is 0 Å². The fraction of sp³-hybridized carbons (Fsp3) is 1.00. The molecule has 0 nitrogen and oxygen atoms in total. The van der Waals surface area contributed by atoms with Crippen LogP contribution in [0, 0.1) is 0 Å². The minimum atomic E-state index is -0.778. The van der Waals surface area contributed by atoms with E-state index in [2.05, 4.69) is 27.7 Å². The molecule has 0 saturated carbocycles. The lowest BCUT2D eigenvalue weighted by atomic mass is 10.2. The summed E-state index contributed by atoms with van der Waals surface area (Å²) < 4.78 is 0. The van der Waals surface area contributed by atoms with Crippen LogP contribution in [0.3, 0.4) is 0 Å². The van der Waals surface area contributed by atoms with Gasteiger partial charge in [-0.05, 0) is 0 Å². The zero-order valence-corrected chi connectivity index (χ0v) is 11.9. The van der Waals surface area contributed by atoms with Gasteiger partial charge >= 0.3 is 0 Å². The minimum absolute atomic E-state index is 0.778. The molecule has 0 aliphatic rings. The van der Waals surface area contributed by atoms with Crippen LogP contribution in [0.5, 0.6) is 0 Å². The van der Waals surface area contributed by atoms with Crippen LogP contribution in [-0.2, 0) is 0 Å². The van der Waals surface area contributed by atoms with Crippen molar-refractivity contribution in [3.8, 4) is 0 Å². The molecule has 0 N–H and O–H groups in total. The van der Waals surface area contributed by atoms with Crippen LogP contribution in [0.25, 0.3) is 0 Å². The Morgan fingerprint density at radius 2 is 1.14 bits per heavy atom. The second-order valence-corrected chi connectivity index (χ2v) is 10.3. The lowest BCUT2D eigenvalue weighted by molar-refractivity contribution is 0.651. The average molecular weight is 214 g/mol. The van der Waals surface area contributed by atoms with E-state index in [1.165, 1.54) is 50.2 Å². The third-order valence-electron chi connectivity index (χ3n) is 4.06. The molecule has 0 radical (unpaired) electrons. The maximum absolute atomic E-state index is 2.42. The Morgan fingerprint density at radius 3 is 1.57 bits per heavy atom. The van der Waals surface area contributed by atoms with Crippen LogP contribution < -0.4 is 0 Å². The van der Waals surface area contributed by atoms with Gasteiger partial charge in [0, 0.05) is 0 Å². The molecule has 0 aromatic rings. The average Bonchev–Trinajstić information content (AvgIpc) is 2.24. The molecule has 0 unspecified atom stereocenters. The summed E-state index contributed by atoms with van der Waals surface area (Å²) in [6.07, 6.45) is 7.29. The Balaban J connectivity index is 3.61. The fourth-order valence-corrected chi connectivity index (χ4v) is 5.94. The Morgan fingerprint density at radius 1 is 0.643 bits per heavy atom. The summed E-state index contributed by atoms with van der Waals surface area (Å²) in [5.41, 5.74) is 0. The summed E-state index contributed by atoms with van der Waals surface area (Å²) in [6.45, 7) is 9.56. The van der Waals surface area contributed by atoms with E-state index in [1.807, 2.05) is 0 Å². The summed E-state index contributed by atoms with van der Waals surface area (Å²) in [5, 5.41) is 0.